The molecule has 0 radical (unpaired) electrons. The lowest BCUT2D eigenvalue weighted by Gasteiger charge is -2.07. The first-order valence-corrected chi connectivity index (χ1v) is 9.01. The third-order valence-electron chi connectivity index (χ3n) is 3.67. The summed E-state index contributed by atoms with van der Waals surface area (Å²) in [4.78, 5) is 37.0. The number of nitrogen functional groups attached to an aromatic ring is 1. The minimum Gasteiger partial charge on any atom is -0.382 e. The molecular weight excluding hydrogens is 331 g/mol. The van der Waals surface area contributed by atoms with Crippen LogP contribution in [0, 0.1) is 6.92 Å². The van der Waals surface area contributed by atoms with E-state index in [0.717, 1.165) is 5.56 Å². The highest BCUT2D eigenvalue weighted by molar-refractivity contribution is 7.50. The number of rotatable bonds is 4. The van der Waals surface area contributed by atoms with Crippen LogP contribution < -0.4 is 11.4 Å². The van der Waals surface area contributed by atoms with Crippen molar-refractivity contribution in [2.24, 2.45) is 0 Å². The van der Waals surface area contributed by atoms with Crippen LogP contribution in [0.25, 0.3) is 11.0 Å². The van der Waals surface area contributed by atoms with Gasteiger partial charge in [0.25, 0.3) is 0 Å². The Hall–Kier alpha value is -2.41. The molecule has 0 amide bonds. The van der Waals surface area contributed by atoms with Crippen LogP contribution in [0.15, 0.2) is 35.1 Å². The smallest absolute Gasteiger partial charge is 0.329 e. The van der Waals surface area contributed by atoms with Gasteiger partial charge in [0.2, 0.25) is 0 Å². The van der Waals surface area contributed by atoms with E-state index in [0.29, 0.717) is 28.8 Å². The average Bonchev–Trinajstić information content (AvgIpc) is 2.77. The first-order chi connectivity index (χ1) is 11.2. The molecule has 0 bridgehead atoms. The minimum atomic E-state index is -4.09. The molecule has 24 heavy (non-hydrogen) atoms. The number of nitrogens with two attached hydrogens (primary N) is 1. The van der Waals surface area contributed by atoms with Gasteiger partial charge in [0.1, 0.15) is 11.3 Å². The molecule has 0 fully saturated rings. The zero-order valence-electron chi connectivity index (χ0n) is 12.9. The summed E-state index contributed by atoms with van der Waals surface area (Å²) in [6.45, 7) is 2.12. The molecule has 0 atom stereocenters. The van der Waals surface area contributed by atoms with Crippen molar-refractivity contribution in [1.82, 2.24) is 14.5 Å². The first kappa shape index (κ1) is 16.4. The van der Waals surface area contributed by atoms with Gasteiger partial charge in [-0.15, -0.1) is 0 Å². The van der Waals surface area contributed by atoms with Gasteiger partial charge in [-0.3, -0.25) is 9.13 Å². The summed E-state index contributed by atoms with van der Waals surface area (Å²) in [7, 11) is -4.09. The molecule has 0 unspecified atom stereocenters. The molecule has 3 aromatic rings. The van der Waals surface area contributed by atoms with E-state index in [1.807, 2.05) is 0 Å². The standard InChI is InChI=1S/C15H17N4O4P/c1-9-6-12-13(14(16)17-9)18-15(20)19(12)7-10-2-4-11(5-3-10)8-24(21,22)23/h2-6H,7-8H2,1H3,(H2,16,17)(H,18,20)(H2,21,22,23). The third-order valence-corrected chi connectivity index (χ3v) is 4.45. The summed E-state index contributed by atoms with van der Waals surface area (Å²) in [5.41, 5.74) is 8.82. The van der Waals surface area contributed by atoms with Crippen LogP contribution in [0.4, 0.5) is 5.82 Å². The second-order valence-corrected chi connectivity index (χ2v) is 7.34. The highest BCUT2D eigenvalue weighted by Crippen LogP contribution is 2.38. The van der Waals surface area contributed by atoms with Crippen molar-refractivity contribution in [2.75, 3.05) is 5.73 Å². The van der Waals surface area contributed by atoms with Crippen LogP contribution in [0.3, 0.4) is 0 Å². The Morgan fingerprint density at radius 3 is 2.50 bits per heavy atom. The van der Waals surface area contributed by atoms with E-state index in [9.17, 15) is 9.36 Å². The zero-order valence-corrected chi connectivity index (χ0v) is 13.8. The fourth-order valence-corrected chi connectivity index (χ4v) is 3.32. The highest BCUT2D eigenvalue weighted by atomic mass is 31.2. The maximum absolute atomic E-state index is 12.2. The number of pyridine rings is 1. The topological polar surface area (TPSA) is 134 Å². The van der Waals surface area contributed by atoms with Gasteiger partial charge in [-0.2, -0.15) is 0 Å². The molecule has 0 saturated heterocycles. The molecule has 0 aliphatic carbocycles. The Labute approximate surface area is 137 Å². The van der Waals surface area contributed by atoms with Gasteiger partial charge in [-0.05, 0) is 24.1 Å². The predicted octanol–water partition coefficient (Wildman–Crippen LogP) is 1.34. The number of fused-ring (bicyclic) bond motifs is 1. The second-order valence-electron chi connectivity index (χ2n) is 5.70. The number of anilines is 1. The lowest BCUT2D eigenvalue weighted by molar-refractivity contribution is 0.371. The Balaban J connectivity index is 1.94. The number of H-pyrrole nitrogens is 1. The largest absolute Gasteiger partial charge is 0.382 e. The van der Waals surface area contributed by atoms with Gasteiger partial charge in [0.05, 0.1) is 18.2 Å². The van der Waals surface area contributed by atoms with E-state index in [-0.39, 0.29) is 17.7 Å². The molecule has 126 valence electrons. The Kier molecular flexibility index (Phi) is 4.04. The first-order valence-electron chi connectivity index (χ1n) is 7.21. The molecule has 0 spiro atoms. The van der Waals surface area contributed by atoms with Gasteiger partial charge < -0.3 is 20.5 Å². The van der Waals surface area contributed by atoms with Crippen LogP contribution in [0.5, 0.6) is 0 Å². The lowest BCUT2D eigenvalue weighted by atomic mass is 10.1. The Morgan fingerprint density at radius 2 is 1.88 bits per heavy atom. The molecule has 3 rings (SSSR count). The molecule has 9 heteroatoms. The summed E-state index contributed by atoms with van der Waals surface area (Å²) >= 11 is 0. The normalized spacial score (nSPS) is 12.0. The van der Waals surface area contributed by atoms with Gasteiger partial charge in [0.15, 0.2) is 0 Å². The molecule has 5 N–H and O–H groups in total. The SMILES string of the molecule is Cc1cc2c([nH]c(=O)n2Cc2ccc(CP(=O)(O)O)cc2)c(N)n1. The fraction of sp³-hybridized carbons (Fsp3) is 0.200. The second kappa shape index (κ2) is 5.90. The number of aryl methyl sites for hydroxylation is 1. The van der Waals surface area contributed by atoms with E-state index in [4.69, 9.17) is 15.5 Å². The molecule has 2 heterocycles. The average molecular weight is 348 g/mol. The molecule has 1 aromatic carbocycles. The van der Waals surface area contributed by atoms with Gasteiger partial charge in [0, 0.05) is 5.69 Å². The number of nitrogens with zero attached hydrogens (tertiary/aromatic N) is 2. The van der Waals surface area contributed by atoms with Crippen molar-refractivity contribution in [1.29, 1.82) is 0 Å². The number of aromatic nitrogens is 3. The minimum absolute atomic E-state index is 0.276. The molecular formula is C15H17N4O4P. The summed E-state index contributed by atoms with van der Waals surface area (Å²) in [5.74, 6) is 0.276. The van der Waals surface area contributed by atoms with Crippen molar-refractivity contribution in [3.05, 3.63) is 57.6 Å². The molecule has 2 aromatic heterocycles. The van der Waals surface area contributed by atoms with Crippen LogP contribution in [0.2, 0.25) is 0 Å². The summed E-state index contributed by atoms with van der Waals surface area (Å²) in [6.07, 6.45) is -0.304. The molecule has 0 saturated carbocycles. The number of imidazole rings is 1. The van der Waals surface area contributed by atoms with E-state index in [1.54, 1.807) is 41.8 Å². The van der Waals surface area contributed by atoms with E-state index >= 15 is 0 Å². The van der Waals surface area contributed by atoms with Crippen molar-refractivity contribution in [3.8, 4) is 0 Å². The Bertz CT molecular complexity index is 1000. The van der Waals surface area contributed by atoms with Crippen LogP contribution >= 0.6 is 7.60 Å². The predicted molar refractivity (Wildman–Crippen MR) is 90.8 cm³/mol. The number of hydrogen-bond acceptors (Lipinski definition) is 4. The van der Waals surface area contributed by atoms with E-state index in [2.05, 4.69) is 9.97 Å². The maximum Gasteiger partial charge on any atom is 0.329 e. The third kappa shape index (κ3) is 3.41. The van der Waals surface area contributed by atoms with Crippen molar-refractivity contribution >= 4 is 24.4 Å². The Morgan fingerprint density at radius 1 is 1.25 bits per heavy atom. The van der Waals surface area contributed by atoms with Gasteiger partial charge in [-0.1, -0.05) is 24.3 Å². The number of hydrogen-bond donors (Lipinski definition) is 4. The fourth-order valence-electron chi connectivity index (χ4n) is 2.63. The summed E-state index contributed by atoms with van der Waals surface area (Å²) < 4.78 is 12.6. The zero-order chi connectivity index (χ0) is 17.5. The lowest BCUT2D eigenvalue weighted by Crippen LogP contribution is -2.17. The van der Waals surface area contributed by atoms with Crippen molar-refractivity contribution in [2.45, 2.75) is 19.6 Å². The van der Waals surface area contributed by atoms with E-state index < -0.39 is 7.60 Å². The van der Waals surface area contributed by atoms with Crippen molar-refractivity contribution in [3.63, 3.8) is 0 Å². The molecule has 0 aliphatic heterocycles. The maximum atomic E-state index is 12.2. The van der Waals surface area contributed by atoms with Crippen LogP contribution in [0.1, 0.15) is 16.8 Å². The quantitative estimate of drug-likeness (QED) is 0.526. The van der Waals surface area contributed by atoms with Crippen LogP contribution in [-0.2, 0) is 17.3 Å². The van der Waals surface area contributed by atoms with E-state index in [1.165, 1.54) is 0 Å². The van der Waals surface area contributed by atoms with Crippen LogP contribution in [-0.4, -0.2) is 24.3 Å². The monoisotopic (exact) mass is 348 g/mol. The van der Waals surface area contributed by atoms with Gasteiger partial charge in [-0.25, -0.2) is 9.78 Å². The number of nitrogens with one attached hydrogen (secondary N) is 1. The number of benzene rings is 1. The van der Waals surface area contributed by atoms with Gasteiger partial charge >= 0.3 is 13.3 Å². The molecule has 0 aliphatic rings. The number of aromatic amines is 1. The van der Waals surface area contributed by atoms with Crippen molar-refractivity contribution < 1.29 is 14.4 Å². The summed E-state index contributed by atoms with van der Waals surface area (Å²) in [5, 5.41) is 0. The summed E-state index contributed by atoms with van der Waals surface area (Å²) in [6, 6.07) is 8.57. The highest BCUT2D eigenvalue weighted by Gasteiger charge is 2.14. The molecule has 8 nitrogen and oxygen atoms in total.